The molecule has 2 saturated carbocycles. The summed E-state index contributed by atoms with van der Waals surface area (Å²) in [4.78, 5) is 13.1. The van der Waals surface area contributed by atoms with Crippen molar-refractivity contribution in [3.63, 3.8) is 0 Å². The molecule has 4 fully saturated rings. The van der Waals surface area contributed by atoms with Gasteiger partial charge in [-0.3, -0.25) is 0 Å². The van der Waals surface area contributed by atoms with Crippen LogP contribution in [0, 0.1) is 11.8 Å². The third kappa shape index (κ3) is 16.6. The van der Waals surface area contributed by atoms with Gasteiger partial charge in [0.1, 0.15) is 6.29 Å². The molecule has 4 rings (SSSR count). The topological polar surface area (TPSA) is 93.3 Å². The van der Waals surface area contributed by atoms with E-state index >= 15 is 0 Å². The molecule has 2 aliphatic carbocycles. The van der Waals surface area contributed by atoms with E-state index in [0.717, 1.165) is 57.5 Å². The van der Waals surface area contributed by atoms with E-state index in [1.807, 2.05) is 7.05 Å². The molecule has 9 nitrogen and oxygen atoms in total. The van der Waals surface area contributed by atoms with E-state index in [4.69, 9.17) is 18.9 Å². The molecule has 0 amide bonds. The van der Waals surface area contributed by atoms with Gasteiger partial charge in [-0.1, -0.05) is 25.7 Å². The second-order valence-electron chi connectivity index (χ2n) is 12.1. The molecule has 4 unspecified atom stereocenters. The van der Waals surface area contributed by atoms with Crippen LogP contribution in [0.25, 0.3) is 0 Å². The third-order valence-corrected chi connectivity index (χ3v) is 9.13. The second-order valence-corrected chi connectivity index (χ2v) is 12.1. The quantitative estimate of drug-likeness (QED) is 0.211. The normalized spacial score (nSPS) is 30.1. The molecular weight excluding hydrogens is 556 g/mol. The molecule has 2 aliphatic heterocycles. The van der Waals surface area contributed by atoms with Crippen molar-refractivity contribution in [1.82, 2.24) is 20.9 Å². The van der Waals surface area contributed by atoms with Crippen LogP contribution in [0.3, 0.4) is 0 Å². The Labute approximate surface area is 263 Å². The maximum atomic E-state index is 10.5. The van der Waals surface area contributed by atoms with Crippen molar-refractivity contribution < 1.29 is 23.7 Å². The highest BCUT2D eigenvalue weighted by Gasteiger charge is 2.28. The van der Waals surface area contributed by atoms with Crippen molar-refractivity contribution in [2.24, 2.45) is 11.8 Å². The number of likely N-dealkylation sites (tertiary alicyclic amines) is 1. The summed E-state index contributed by atoms with van der Waals surface area (Å²) in [6.07, 6.45) is 17.1. The lowest BCUT2D eigenvalue weighted by Gasteiger charge is -2.39. The molecule has 250 valence electrons. The number of aldehydes is 1. The predicted molar refractivity (Wildman–Crippen MR) is 174 cm³/mol. The van der Waals surface area contributed by atoms with Crippen molar-refractivity contribution >= 4 is 18.7 Å². The Balaban J connectivity index is 0.000000341. The number of nitrogens with zero attached hydrogens (tertiary/aromatic N) is 1. The molecule has 2 heterocycles. The first-order chi connectivity index (χ1) is 20.1. The molecule has 10 heteroatoms. The summed E-state index contributed by atoms with van der Waals surface area (Å²) in [5.41, 5.74) is 0. The monoisotopic (exact) mass is 620 g/mol. The summed E-state index contributed by atoms with van der Waals surface area (Å²) >= 11 is 0. The molecule has 6 atom stereocenters. The van der Waals surface area contributed by atoms with Crippen molar-refractivity contribution in [2.75, 3.05) is 87.5 Å². The number of ether oxygens (including phenoxy) is 4. The Morgan fingerprint density at radius 2 is 1.38 bits per heavy atom. The summed E-state index contributed by atoms with van der Waals surface area (Å²) in [6.45, 7) is 8.62. The van der Waals surface area contributed by atoms with Crippen LogP contribution >= 0.6 is 12.4 Å². The van der Waals surface area contributed by atoms with Crippen molar-refractivity contribution in [1.29, 1.82) is 0 Å². The Bertz CT molecular complexity index is 632. The molecule has 0 bridgehead atoms. The lowest BCUT2D eigenvalue weighted by Crippen LogP contribution is -2.47. The summed E-state index contributed by atoms with van der Waals surface area (Å²) in [5.74, 6) is 1.10. The molecule has 2 saturated heterocycles. The fourth-order valence-corrected chi connectivity index (χ4v) is 6.69. The lowest BCUT2D eigenvalue weighted by atomic mass is 9.84. The van der Waals surface area contributed by atoms with E-state index in [1.54, 1.807) is 14.2 Å². The van der Waals surface area contributed by atoms with Gasteiger partial charge in [0, 0.05) is 51.9 Å². The fraction of sp³-hybridized carbons (Fsp3) is 0.969. The highest BCUT2D eigenvalue weighted by molar-refractivity contribution is 5.85. The zero-order valence-corrected chi connectivity index (χ0v) is 28.1. The van der Waals surface area contributed by atoms with E-state index in [0.29, 0.717) is 31.5 Å². The van der Waals surface area contributed by atoms with Gasteiger partial charge >= 0.3 is 0 Å². The first-order valence-electron chi connectivity index (χ1n) is 16.6. The van der Waals surface area contributed by atoms with Crippen LogP contribution in [0.1, 0.15) is 77.0 Å². The minimum Gasteiger partial charge on any atom is -0.382 e. The highest BCUT2D eigenvalue weighted by Crippen LogP contribution is 2.26. The van der Waals surface area contributed by atoms with Crippen LogP contribution in [0.5, 0.6) is 0 Å². The van der Waals surface area contributed by atoms with Crippen LogP contribution in [0.2, 0.25) is 0 Å². The molecule has 0 radical (unpaired) electrons. The zero-order chi connectivity index (χ0) is 29.5. The van der Waals surface area contributed by atoms with Gasteiger partial charge in [-0.2, -0.15) is 0 Å². The van der Waals surface area contributed by atoms with Gasteiger partial charge in [-0.05, 0) is 84.5 Å². The zero-order valence-electron chi connectivity index (χ0n) is 27.3. The summed E-state index contributed by atoms with van der Waals surface area (Å²) in [7, 11) is 7.49. The van der Waals surface area contributed by atoms with Gasteiger partial charge in [-0.25, -0.2) is 0 Å². The number of methoxy groups -OCH3 is 2. The number of halogens is 1. The summed E-state index contributed by atoms with van der Waals surface area (Å²) < 4.78 is 21.4. The molecule has 0 aromatic heterocycles. The Morgan fingerprint density at radius 3 is 1.98 bits per heavy atom. The van der Waals surface area contributed by atoms with Crippen LogP contribution in [0.4, 0.5) is 0 Å². The summed E-state index contributed by atoms with van der Waals surface area (Å²) in [5, 5.41) is 9.99. The molecule has 42 heavy (non-hydrogen) atoms. The van der Waals surface area contributed by atoms with Gasteiger partial charge in [0.25, 0.3) is 0 Å². The largest absolute Gasteiger partial charge is 0.382 e. The Hall–Kier alpha value is -0.360. The average Bonchev–Trinajstić information content (AvgIpc) is 3.03. The van der Waals surface area contributed by atoms with Crippen molar-refractivity contribution in [3.05, 3.63) is 0 Å². The van der Waals surface area contributed by atoms with E-state index < -0.39 is 0 Å². The smallest absolute Gasteiger partial charge is 0.124 e. The van der Waals surface area contributed by atoms with Gasteiger partial charge in [0.2, 0.25) is 0 Å². The van der Waals surface area contributed by atoms with Crippen molar-refractivity contribution in [2.45, 2.75) is 101 Å². The molecule has 3 N–H and O–H groups in total. The second kappa shape index (κ2) is 25.9. The Morgan fingerprint density at radius 1 is 0.762 bits per heavy atom. The van der Waals surface area contributed by atoms with Crippen molar-refractivity contribution in [3.8, 4) is 0 Å². The van der Waals surface area contributed by atoms with E-state index in [2.05, 4.69) is 27.9 Å². The predicted octanol–water partition coefficient (Wildman–Crippen LogP) is 3.68. The minimum absolute atomic E-state index is 0. The number of nitrogens with one attached hydrogen (secondary N) is 3. The minimum atomic E-state index is 0. The molecule has 0 aromatic rings. The van der Waals surface area contributed by atoms with Crippen LogP contribution in [-0.4, -0.2) is 123 Å². The molecular formula is C32H65ClN4O5. The van der Waals surface area contributed by atoms with Gasteiger partial charge in [0.15, 0.2) is 0 Å². The maximum Gasteiger partial charge on any atom is 0.124 e. The molecule has 4 aliphatic rings. The van der Waals surface area contributed by atoms with E-state index in [9.17, 15) is 4.79 Å². The van der Waals surface area contributed by atoms with Gasteiger partial charge in [-0.15, -0.1) is 12.4 Å². The number of carbonyl (C=O) groups excluding carboxylic acids is 1. The van der Waals surface area contributed by atoms with E-state index in [-0.39, 0.29) is 18.3 Å². The van der Waals surface area contributed by atoms with Gasteiger partial charge in [0.05, 0.1) is 38.6 Å². The average molecular weight is 621 g/mol. The van der Waals surface area contributed by atoms with Crippen LogP contribution in [0.15, 0.2) is 0 Å². The standard InChI is InChI=1S/C16H32N2O2.C8H17NO2.C8H15NO.ClH/c1-17-16-8-4-3-6-14(16)12-18-9-5-7-15(13-18)20-11-10-19-2;1-10-5-6-11-8-3-2-4-9-7-8;1-9-8-5-3-2-4-7(8)6-10;/h14-17H,3-13H2,1-2H3;8-9H,2-7H2,1H3;6-9H,2-5H2,1H3;1H/t14?,15-,16?;8-;;/m11../s1. The highest BCUT2D eigenvalue weighted by atomic mass is 35.5. The lowest BCUT2D eigenvalue weighted by molar-refractivity contribution is -0.112. The SMILES string of the molecule is CNC1CCCCC1C=O.CNC1CCCCC1CN1CCC[C@@H](OCCOC)C1.COCCO[C@@H]1CCCNC1.Cl. The number of hydrogen-bond donors (Lipinski definition) is 3. The number of carbonyl (C=O) groups is 1. The summed E-state index contributed by atoms with van der Waals surface area (Å²) in [6, 6.07) is 1.17. The van der Waals surface area contributed by atoms with Gasteiger partial charge < -0.3 is 44.6 Å². The Kier molecular flexibility index (Phi) is 24.5. The first-order valence-corrected chi connectivity index (χ1v) is 16.6. The van der Waals surface area contributed by atoms with Crippen LogP contribution in [-0.2, 0) is 23.7 Å². The van der Waals surface area contributed by atoms with Crippen LogP contribution < -0.4 is 16.0 Å². The molecule has 0 spiro atoms. The molecule has 0 aromatic carbocycles. The number of hydrogen-bond acceptors (Lipinski definition) is 9. The number of piperidine rings is 2. The third-order valence-electron chi connectivity index (χ3n) is 9.13. The fourth-order valence-electron chi connectivity index (χ4n) is 6.69. The van der Waals surface area contributed by atoms with E-state index in [1.165, 1.54) is 83.7 Å². The first kappa shape index (κ1) is 39.7. The maximum absolute atomic E-state index is 10.5. The number of rotatable bonds is 13.